The molecule has 5 heteroatoms. The average Bonchev–Trinajstić information content (AvgIpc) is 3.31. The van der Waals surface area contributed by atoms with Gasteiger partial charge in [-0.1, -0.05) is 27.7 Å². The van der Waals surface area contributed by atoms with Crippen LogP contribution in [0.4, 0.5) is 4.39 Å². The number of hydrogen-bond donors (Lipinski definition) is 0. The van der Waals surface area contributed by atoms with Crippen molar-refractivity contribution in [3.8, 4) is 11.3 Å². The molecule has 0 atom stereocenters. The van der Waals surface area contributed by atoms with E-state index in [4.69, 9.17) is 9.40 Å². The van der Waals surface area contributed by atoms with E-state index in [9.17, 15) is 4.39 Å². The molecule has 1 aromatic carbocycles. The fourth-order valence-corrected chi connectivity index (χ4v) is 4.36. The highest BCUT2D eigenvalue weighted by atomic mass is 32.1. The van der Waals surface area contributed by atoms with Crippen molar-refractivity contribution in [2.75, 3.05) is 0 Å². The molecule has 0 amide bonds. The average molecular weight is 397 g/mol. The van der Waals surface area contributed by atoms with Crippen molar-refractivity contribution in [2.24, 2.45) is 0 Å². The van der Waals surface area contributed by atoms with Gasteiger partial charge in [0.25, 0.3) is 0 Å². The van der Waals surface area contributed by atoms with Crippen molar-refractivity contribution in [1.82, 2.24) is 9.38 Å². The smallest absolute Gasteiger partial charge is 0.194 e. The predicted octanol–water partition coefficient (Wildman–Crippen LogP) is 6.94. The highest BCUT2D eigenvalue weighted by Crippen LogP contribution is 2.33. The van der Waals surface area contributed by atoms with Gasteiger partial charge in [0.2, 0.25) is 0 Å². The molecule has 28 heavy (non-hydrogen) atoms. The summed E-state index contributed by atoms with van der Waals surface area (Å²) in [4.78, 5) is 5.80. The minimum atomic E-state index is -0.192. The van der Waals surface area contributed by atoms with Gasteiger partial charge in [-0.25, -0.2) is 9.37 Å². The van der Waals surface area contributed by atoms with Crippen LogP contribution in [0.1, 0.15) is 67.9 Å². The maximum atomic E-state index is 14.6. The van der Waals surface area contributed by atoms with Crippen molar-refractivity contribution in [3.63, 3.8) is 0 Å². The number of furan rings is 1. The van der Waals surface area contributed by atoms with Crippen LogP contribution in [0.5, 0.6) is 0 Å². The zero-order valence-corrected chi connectivity index (χ0v) is 17.7. The van der Waals surface area contributed by atoms with Crippen LogP contribution in [0, 0.1) is 12.7 Å². The van der Waals surface area contributed by atoms with Crippen molar-refractivity contribution < 1.29 is 8.81 Å². The van der Waals surface area contributed by atoms with E-state index in [1.807, 2.05) is 24.4 Å². The second-order valence-electron chi connectivity index (χ2n) is 7.92. The number of hydrogen-bond acceptors (Lipinski definition) is 3. The van der Waals surface area contributed by atoms with Gasteiger partial charge in [-0.15, -0.1) is 11.3 Å². The Morgan fingerprint density at radius 1 is 1.11 bits per heavy atom. The molecule has 4 aromatic rings. The Morgan fingerprint density at radius 2 is 1.89 bits per heavy atom. The van der Waals surface area contributed by atoms with E-state index in [-0.39, 0.29) is 5.82 Å². The lowest BCUT2D eigenvalue weighted by Gasteiger charge is -2.10. The Labute approximate surface area is 168 Å². The maximum absolute atomic E-state index is 14.6. The van der Waals surface area contributed by atoms with Crippen LogP contribution in [-0.4, -0.2) is 9.38 Å². The molecule has 0 spiro atoms. The van der Waals surface area contributed by atoms with Crippen LogP contribution in [0.15, 0.2) is 40.3 Å². The summed E-state index contributed by atoms with van der Waals surface area (Å²) in [7, 11) is 0. The number of aryl methyl sites for hydroxylation is 1. The van der Waals surface area contributed by atoms with E-state index in [2.05, 4.69) is 44.4 Å². The Balaban J connectivity index is 1.76. The van der Waals surface area contributed by atoms with Crippen LogP contribution in [0.2, 0.25) is 0 Å². The Hall–Kier alpha value is -2.40. The van der Waals surface area contributed by atoms with E-state index < -0.39 is 0 Å². The van der Waals surface area contributed by atoms with Gasteiger partial charge < -0.3 is 4.42 Å². The monoisotopic (exact) mass is 396 g/mol. The van der Waals surface area contributed by atoms with E-state index in [1.165, 1.54) is 0 Å². The molecule has 0 N–H and O–H groups in total. The summed E-state index contributed by atoms with van der Waals surface area (Å²) in [5.74, 6) is 2.25. The molecular weight excluding hydrogens is 371 g/mol. The van der Waals surface area contributed by atoms with E-state index in [0.29, 0.717) is 23.8 Å². The molecule has 0 bridgehead atoms. The van der Waals surface area contributed by atoms with E-state index in [0.717, 1.165) is 39.0 Å². The third kappa shape index (κ3) is 3.28. The molecule has 0 saturated carbocycles. The minimum Gasteiger partial charge on any atom is -0.466 e. The van der Waals surface area contributed by atoms with Gasteiger partial charge in [-0.2, -0.15) is 0 Å². The fraction of sp³-hybridized carbons (Fsp3) is 0.348. The normalized spacial score (nSPS) is 12.0. The number of aromatic nitrogens is 2. The van der Waals surface area contributed by atoms with Gasteiger partial charge >= 0.3 is 0 Å². The highest BCUT2D eigenvalue weighted by molar-refractivity contribution is 7.15. The summed E-state index contributed by atoms with van der Waals surface area (Å²) < 4.78 is 22.6. The topological polar surface area (TPSA) is 30.4 Å². The molecule has 0 unspecified atom stereocenters. The molecule has 146 valence electrons. The Bertz CT molecular complexity index is 1130. The SMILES string of the molecule is Cc1oc(C(C)C)cc1Cc1cc(-c2nc3sccn3c2C(C)C)ccc1F. The van der Waals surface area contributed by atoms with E-state index >= 15 is 0 Å². The first-order valence-corrected chi connectivity index (χ1v) is 10.6. The van der Waals surface area contributed by atoms with Crippen molar-refractivity contribution in [2.45, 2.75) is 52.9 Å². The molecule has 4 rings (SSSR count). The largest absolute Gasteiger partial charge is 0.466 e. The molecule has 0 radical (unpaired) electrons. The summed E-state index contributed by atoms with van der Waals surface area (Å²) in [5.41, 5.74) is 4.77. The lowest BCUT2D eigenvalue weighted by atomic mass is 9.98. The second kappa shape index (κ2) is 7.21. The third-order valence-corrected chi connectivity index (χ3v) is 5.91. The number of benzene rings is 1. The molecule has 3 nitrogen and oxygen atoms in total. The molecule has 0 saturated heterocycles. The standard InChI is InChI=1S/C23H25FN2OS/c1-13(2)20-12-17(15(5)27-20)11-18-10-16(6-7-19(18)24)21-22(14(3)4)26-8-9-28-23(26)25-21/h6-10,12-14H,11H2,1-5H3. The molecular formula is C23H25FN2OS. The van der Waals surface area contributed by atoms with Crippen molar-refractivity contribution in [1.29, 1.82) is 0 Å². The number of imidazole rings is 1. The van der Waals surface area contributed by atoms with Gasteiger partial charge in [-0.05, 0) is 48.2 Å². The van der Waals surface area contributed by atoms with Gasteiger partial charge in [0, 0.05) is 29.5 Å². The molecule has 3 aromatic heterocycles. The summed E-state index contributed by atoms with van der Waals surface area (Å²) in [6.07, 6.45) is 2.57. The van der Waals surface area contributed by atoms with Crippen LogP contribution in [0.25, 0.3) is 16.2 Å². The second-order valence-corrected chi connectivity index (χ2v) is 8.80. The third-order valence-electron chi connectivity index (χ3n) is 5.15. The fourth-order valence-electron chi connectivity index (χ4n) is 3.64. The molecule has 0 aliphatic rings. The summed E-state index contributed by atoms with van der Waals surface area (Å²) in [5, 5.41) is 2.04. The molecule has 0 aliphatic heterocycles. The summed E-state index contributed by atoms with van der Waals surface area (Å²) in [6, 6.07) is 7.38. The molecule has 0 fully saturated rings. The maximum Gasteiger partial charge on any atom is 0.194 e. The number of rotatable bonds is 5. The minimum absolute atomic E-state index is 0.192. The van der Waals surface area contributed by atoms with Gasteiger partial charge in [-0.3, -0.25) is 4.40 Å². The molecule has 3 heterocycles. The summed E-state index contributed by atoms with van der Waals surface area (Å²) in [6.45, 7) is 10.5. The van der Waals surface area contributed by atoms with E-state index in [1.54, 1.807) is 17.4 Å². The quantitative estimate of drug-likeness (QED) is 0.366. The molecule has 0 aliphatic carbocycles. The Kier molecular flexibility index (Phi) is 4.88. The zero-order chi connectivity index (χ0) is 20.0. The van der Waals surface area contributed by atoms with Crippen molar-refractivity contribution >= 4 is 16.3 Å². The lowest BCUT2D eigenvalue weighted by molar-refractivity contribution is 0.462. The number of halogens is 1. The van der Waals surface area contributed by atoms with Gasteiger partial charge in [0.15, 0.2) is 4.96 Å². The first kappa shape index (κ1) is 18.9. The number of fused-ring (bicyclic) bond motifs is 1. The van der Waals surface area contributed by atoms with Gasteiger partial charge in [0.1, 0.15) is 17.3 Å². The first-order chi connectivity index (χ1) is 13.3. The lowest BCUT2D eigenvalue weighted by Crippen LogP contribution is -1.98. The van der Waals surface area contributed by atoms with Crippen LogP contribution < -0.4 is 0 Å². The Morgan fingerprint density at radius 3 is 2.57 bits per heavy atom. The van der Waals surface area contributed by atoms with Crippen LogP contribution in [-0.2, 0) is 6.42 Å². The first-order valence-electron chi connectivity index (χ1n) is 9.68. The predicted molar refractivity (Wildman–Crippen MR) is 113 cm³/mol. The zero-order valence-electron chi connectivity index (χ0n) is 16.9. The van der Waals surface area contributed by atoms with Crippen LogP contribution >= 0.6 is 11.3 Å². The summed E-state index contributed by atoms with van der Waals surface area (Å²) >= 11 is 1.62. The number of nitrogens with zero attached hydrogens (tertiary/aromatic N) is 2. The van der Waals surface area contributed by atoms with Crippen molar-refractivity contribution in [3.05, 3.63) is 70.0 Å². The highest BCUT2D eigenvalue weighted by Gasteiger charge is 2.19. The van der Waals surface area contributed by atoms with Crippen LogP contribution in [0.3, 0.4) is 0 Å². The number of thiazole rings is 1. The van der Waals surface area contributed by atoms with Gasteiger partial charge in [0.05, 0.1) is 11.4 Å².